The number of nitrogens with zero attached hydrogens (tertiary/aromatic N) is 2. The van der Waals surface area contributed by atoms with Crippen molar-refractivity contribution in [3.05, 3.63) is 0 Å². The molecule has 0 heterocycles. The van der Waals surface area contributed by atoms with Crippen LogP contribution in [0.3, 0.4) is 0 Å². The van der Waals surface area contributed by atoms with Gasteiger partial charge < -0.3 is 34.3 Å². The Morgan fingerprint density at radius 1 is 0.800 bits per heavy atom. The van der Waals surface area contributed by atoms with Crippen molar-refractivity contribution in [3.8, 4) is 0 Å². The molecule has 0 radical (unpaired) electrons. The van der Waals surface area contributed by atoms with Crippen molar-refractivity contribution in [3.63, 3.8) is 0 Å². The molecular formula is C25H48N3O11P. The molecule has 0 saturated heterocycles. The van der Waals surface area contributed by atoms with E-state index >= 15 is 0 Å². The fourth-order valence-electron chi connectivity index (χ4n) is 2.61. The minimum Gasteiger partial charge on any atom is -0.462 e. The molecule has 15 heteroatoms. The van der Waals surface area contributed by atoms with Gasteiger partial charge in [-0.3, -0.25) is 4.79 Å². The van der Waals surface area contributed by atoms with Crippen molar-refractivity contribution in [2.75, 3.05) is 26.8 Å². The quantitative estimate of drug-likeness (QED) is 0.0546. The molecule has 0 aromatic carbocycles. The molecule has 0 fully saturated rings. The van der Waals surface area contributed by atoms with Gasteiger partial charge in [-0.25, -0.2) is 23.2 Å². The fourth-order valence-corrected chi connectivity index (χ4v) is 4.18. The maximum Gasteiger partial charge on any atom is 0.510 e. The first-order chi connectivity index (χ1) is 18.7. The average Bonchev–Trinajstić information content (AvgIpc) is 2.88. The van der Waals surface area contributed by atoms with Crippen LogP contribution in [-0.2, 0) is 42.1 Å². The molecule has 40 heavy (non-hydrogen) atoms. The summed E-state index contributed by atoms with van der Waals surface area (Å²) in [5.74, 6) is -1.99. The largest absolute Gasteiger partial charge is 0.510 e. The molecule has 0 aliphatic carbocycles. The lowest BCUT2D eigenvalue weighted by molar-refractivity contribution is -0.147. The number of hydrogen-bond acceptors (Lipinski definition) is 11. The molecule has 0 spiro atoms. The van der Waals surface area contributed by atoms with Crippen LogP contribution >= 0.6 is 7.75 Å². The molecule has 4 unspecified atom stereocenters. The third-order valence-electron chi connectivity index (χ3n) is 5.31. The van der Waals surface area contributed by atoms with Gasteiger partial charge in [-0.2, -0.15) is 0 Å². The maximum atomic E-state index is 14.1. The summed E-state index contributed by atoms with van der Waals surface area (Å²) in [6, 6.07) is 0. The van der Waals surface area contributed by atoms with Gasteiger partial charge in [-0.05, 0) is 39.5 Å². The van der Waals surface area contributed by atoms with Crippen LogP contribution in [0.5, 0.6) is 0 Å². The number of carbonyl (C=O) groups is 3. The van der Waals surface area contributed by atoms with Crippen molar-refractivity contribution in [1.29, 1.82) is 0 Å². The predicted molar refractivity (Wildman–Crippen MR) is 147 cm³/mol. The van der Waals surface area contributed by atoms with Gasteiger partial charge in [-0.15, -0.1) is 4.76 Å². The highest BCUT2D eigenvalue weighted by molar-refractivity contribution is 7.52. The van der Waals surface area contributed by atoms with E-state index < -0.39 is 56.4 Å². The molecule has 0 rings (SSSR count). The van der Waals surface area contributed by atoms with Crippen LogP contribution < -0.4 is 5.73 Å². The molecule has 234 valence electrons. The number of nitrogens with two attached hydrogens (primary N) is 1. The second kappa shape index (κ2) is 19.5. The molecule has 4 atom stereocenters. The van der Waals surface area contributed by atoms with Crippen molar-refractivity contribution in [2.45, 2.75) is 99.8 Å². The third kappa shape index (κ3) is 15.3. The van der Waals surface area contributed by atoms with E-state index in [9.17, 15) is 18.9 Å². The Morgan fingerprint density at radius 3 is 1.57 bits per heavy atom. The smallest absolute Gasteiger partial charge is 0.462 e. The summed E-state index contributed by atoms with van der Waals surface area (Å²) in [7, 11) is -3.29. The SMILES string of the molecule is CCCOC(=O)OC(OP(=O)(/N=C(\N)N(C)CC(=O)OC(C)C)OC(OC(=O)OCCC)C(C)CC)C(C)CC. The van der Waals surface area contributed by atoms with Gasteiger partial charge in [0.25, 0.3) is 0 Å². The highest BCUT2D eigenvalue weighted by Crippen LogP contribution is 2.54. The second-order valence-corrected chi connectivity index (χ2v) is 11.0. The summed E-state index contributed by atoms with van der Waals surface area (Å²) in [6.45, 7) is 13.9. The number of rotatable bonds is 18. The van der Waals surface area contributed by atoms with Gasteiger partial charge in [0.1, 0.15) is 6.54 Å². The van der Waals surface area contributed by atoms with Gasteiger partial charge >= 0.3 is 26.0 Å². The Labute approximate surface area is 237 Å². The summed E-state index contributed by atoms with van der Waals surface area (Å²) >= 11 is 0. The number of ether oxygens (including phenoxy) is 5. The van der Waals surface area contributed by atoms with Crippen LogP contribution in [0.1, 0.15) is 81.1 Å². The molecule has 0 saturated carbocycles. The van der Waals surface area contributed by atoms with Crippen LogP contribution in [-0.4, -0.2) is 74.6 Å². The molecule has 0 aliphatic heterocycles. The van der Waals surface area contributed by atoms with E-state index in [4.69, 9.17) is 38.5 Å². The summed E-state index contributed by atoms with van der Waals surface area (Å²) in [4.78, 5) is 37.7. The summed E-state index contributed by atoms with van der Waals surface area (Å²) in [5.41, 5.74) is 6.06. The Balaban J connectivity index is 6.35. The van der Waals surface area contributed by atoms with Crippen LogP contribution in [0.2, 0.25) is 0 Å². The van der Waals surface area contributed by atoms with Gasteiger partial charge in [0, 0.05) is 18.9 Å². The molecule has 0 aliphatic rings. The van der Waals surface area contributed by atoms with Crippen LogP contribution in [0, 0.1) is 11.8 Å². The fraction of sp³-hybridized carbons (Fsp3) is 0.840. The van der Waals surface area contributed by atoms with Crippen LogP contribution in [0.25, 0.3) is 0 Å². The van der Waals surface area contributed by atoms with E-state index in [2.05, 4.69) is 4.76 Å². The highest BCUT2D eigenvalue weighted by Gasteiger charge is 2.40. The topological polar surface area (TPSA) is 175 Å². The first-order valence-corrected chi connectivity index (χ1v) is 15.1. The van der Waals surface area contributed by atoms with Crippen molar-refractivity contribution in [2.24, 2.45) is 22.3 Å². The number of esters is 1. The Morgan fingerprint density at radius 2 is 1.23 bits per heavy atom. The number of carbonyl (C=O) groups excluding carboxylic acids is 3. The number of guanidine groups is 1. The van der Waals surface area contributed by atoms with E-state index in [1.165, 1.54) is 11.9 Å². The van der Waals surface area contributed by atoms with Crippen molar-refractivity contribution < 1.29 is 51.7 Å². The summed E-state index contributed by atoms with van der Waals surface area (Å²) in [6.07, 6.45) is -3.31. The monoisotopic (exact) mass is 597 g/mol. The molecule has 0 aromatic heterocycles. The van der Waals surface area contributed by atoms with Crippen LogP contribution in [0.15, 0.2) is 4.76 Å². The van der Waals surface area contributed by atoms with Gasteiger partial charge in [0.05, 0.1) is 19.3 Å². The molecule has 0 amide bonds. The van der Waals surface area contributed by atoms with E-state index in [1.807, 2.05) is 13.8 Å². The second-order valence-electron chi connectivity index (χ2n) is 9.47. The average molecular weight is 598 g/mol. The van der Waals surface area contributed by atoms with Crippen LogP contribution in [0.4, 0.5) is 9.59 Å². The number of hydrogen-bond donors (Lipinski definition) is 1. The third-order valence-corrected chi connectivity index (χ3v) is 6.71. The minimum atomic E-state index is -4.71. The summed E-state index contributed by atoms with van der Waals surface area (Å²) in [5, 5.41) is 0. The molecular weight excluding hydrogens is 549 g/mol. The lowest BCUT2D eigenvalue weighted by Gasteiger charge is -2.29. The maximum absolute atomic E-state index is 14.1. The zero-order valence-electron chi connectivity index (χ0n) is 25.2. The van der Waals surface area contributed by atoms with E-state index in [0.717, 1.165) is 0 Å². The lowest BCUT2D eigenvalue weighted by Crippen LogP contribution is -2.39. The highest BCUT2D eigenvalue weighted by atomic mass is 31.2. The summed E-state index contributed by atoms with van der Waals surface area (Å²) < 4.78 is 55.1. The molecule has 0 aromatic rings. The molecule has 0 bridgehead atoms. The zero-order valence-corrected chi connectivity index (χ0v) is 26.1. The van der Waals surface area contributed by atoms with Crippen molar-refractivity contribution >= 4 is 32.0 Å². The van der Waals surface area contributed by atoms with E-state index in [-0.39, 0.29) is 25.9 Å². The Hall–Kier alpha value is -2.57. The van der Waals surface area contributed by atoms with Crippen molar-refractivity contribution in [1.82, 2.24) is 4.90 Å². The first-order valence-electron chi connectivity index (χ1n) is 13.6. The van der Waals surface area contributed by atoms with Gasteiger partial charge in [0.15, 0.2) is 0 Å². The molecule has 2 N–H and O–H groups in total. The Bertz CT molecular complexity index is 814. The van der Waals surface area contributed by atoms with E-state index in [0.29, 0.717) is 25.7 Å². The zero-order chi connectivity index (χ0) is 30.9. The Kier molecular flexibility index (Phi) is 18.2. The lowest BCUT2D eigenvalue weighted by atomic mass is 10.1. The predicted octanol–water partition coefficient (Wildman–Crippen LogP) is 5.20. The number of likely N-dealkylation sites (N-methyl/N-ethyl adjacent to an activating group) is 1. The van der Waals surface area contributed by atoms with E-state index in [1.54, 1.807) is 41.5 Å². The molecule has 14 nitrogen and oxygen atoms in total. The van der Waals surface area contributed by atoms with Gasteiger partial charge in [-0.1, -0.05) is 41.5 Å². The minimum absolute atomic E-state index is 0.104. The van der Waals surface area contributed by atoms with Gasteiger partial charge in [0.2, 0.25) is 18.5 Å². The first kappa shape index (κ1) is 37.4. The standard InChI is InChI=1S/C25H48N3O11P/c1-10-14-33-24(30)36-21(18(7)12-3)38-40(32,27-23(26)28(9)16-20(29)35-17(5)6)39-22(19(8)13-4)37-25(31)34-15-11-2/h17-19,21-22H,10-16H2,1-9H3,(H2,26,27,32). The normalized spacial score (nSPS) is 16.2.